The normalized spacial score (nSPS) is 19.8. The van der Waals surface area contributed by atoms with Gasteiger partial charge in [-0.3, -0.25) is 4.79 Å². The van der Waals surface area contributed by atoms with Crippen molar-refractivity contribution in [1.29, 1.82) is 0 Å². The zero-order chi connectivity index (χ0) is 20.5. The van der Waals surface area contributed by atoms with E-state index in [-0.39, 0.29) is 5.78 Å². The second-order valence-electron chi connectivity index (χ2n) is 7.50. The number of ether oxygens (including phenoxy) is 2. The molecule has 1 aliphatic heterocycles. The third kappa shape index (κ3) is 3.83. The summed E-state index contributed by atoms with van der Waals surface area (Å²) in [5.41, 5.74) is 1.14. The van der Waals surface area contributed by atoms with Crippen molar-refractivity contribution in [2.45, 2.75) is 39.9 Å². The number of esters is 1. The summed E-state index contributed by atoms with van der Waals surface area (Å²) in [5, 5.41) is 0.561. The molecule has 0 N–H and O–H groups in total. The molecule has 0 saturated carbocycles. The van der Waals surface area contributed by atoms with Crippen LogP contribution in [-0.2, 0) is 14.3 Å². The highest BCUT2D eigenvalue weighted by atomic mass is 35.5. The Labute approximate surface area is 170 Å². The standard InChI is InChI=1S/C23H23ClO4/c1-14-20(27-15(2)19(25)16-10-12-18(24)13-11-16)23(3,4)21(28-22(14)26)17-8-6-5-7-9-17/h5-13,15,21H,1-4H3. The van der Waals surface area contributed by atoms with Gasteiger partial charge in [0, 0.05) is 10.6 Å². The van der Waals surface area contributed by atoms with Gasteiger partial charge in [0.1, 0.15) is 11.9 Å². The van der Waals surface area contributed by atoms with Crippen molar-refractivity contribution in [3.8, 4) is 0 Å². The van der Waals surface area contributed by atoms with Gasteiger partial charge >= 0.3 is 5.97 Å². The van der Waals surface area contributed by atoms with E-state index in [1.165, 1.54) is 0 Å². The number of hydrogen-bond donors (Lipinski definition) is 0. The molecule has 1 aliphatic rings. The monoisotopic (exact) mass is 398 g/mol. The van der Waals surface area contributed by atoms with E-state index in [2.05, 4.69) is 0 Å². The van der Waals surface area contributed by atoms with E-state index in [0.29, 0.717) is 21.9 Å². The van der Waals surface area contributed by atoms with Gasteiger partial charge in [-0.15, -0.1) is 0 Å². The number of rotatable bonds is 5. The maximum absolute atomic E-state index is 12.8. The molecular formula is C23H23ClO4. The summed E-state index contributed by atoms with van der Waals surface area (Å²) in [4.78, 5) is 25.2. The van der Waals surface area contributed by atoms with E-state index >= 15 is 0 Å². The van der Waals surface area contributed by atoms with E-state index < -0.39 is 23.6 Å². The summed E-state index contributed by atoms with van der Waals surface area (Å²) in [7, 11) is 0. The van der Waals surface area contributed by atoms with Crippen molar-refractivity contribution in [2.24, 2.45) is 5.41 Å². The summed E-state index contributed by atoms with van der Waals surface area (Å²) in [6, 6.07) is 16.2. The van der Waals surface area contributed by atoms with Crippen LogP contribution in [0.2, 0.25) is 5.02 Å². The topological polar surface area (TPSA) is 52.6 Å². The Kier molecular flexibility index (Phi) is 5.61. The Balaban J connectivity index is 1.90. The molecule has 2 unspecified atom stereocenters. The Morgan fingerprint density at radius 1 is 1.11 bits per heavy atom. The summed E-state index contributed by atoms with van der Waals surface area (Å²) in [6.07, 6.45) is -1.26. The average Bonchev–Trinajstić information content (AvgIpc) is 2.68. The number of benzene rings is 2. The Morgan fingerprint density at radius 3 is 2.32 bits per heavy atom. The zero-order valence-corrected chi connectivity index (χ0v) is 17.1. The Bertz CT molecular complexity index is 913. The molecule has 0 amide bonds. The van der Waals surface area contributed by atoms with Crippen molar-refractivity contribution in [3.63, 3.8) is 0 Å². The van der Waals surface area contributed by atoms with Crippen molar-refractivity contribution >= 4 is 23.4 Å². The lowest BCUT2D eigenvalue weighted by Gasteiger charge is -2.40. The van der Waals surface area contributed by atoms with Gasteiger partial charge in [0.05, 0.1) is 11.0 Å². The van der Waals surface area contributed by atoms with Gasteiger partial charge < -0.3 is 9.47 Å². The number of carbonyl (C=O) groups excluding carboxylic acids is 2. The first kappa shape index (κ1) is 20.2. The Morgan fingerprint density at radius 2 is 1.71 bits per heavy atom. The van der Waals surface area contributed by atoms with Crippen LogP contribution >= 0.6 is 11.6 Å². The summed E-state index contributed by atoms with van der Waals surface area (Å²) in [5.74, 6) is -0.135. The molecule has 28 heavy (non-hydrogen) atoms. The second kappa shape index (κ2) is 7.80. The van der Waals surface area contributed by atoms with Crippen LogP contribution in [0.15, 0.2) is 65.9 Å². The number of cyclic esters (lactones) is 1. The average molecular weight is 399 g/mol. The number of hydrogen-bond acceptors (Lipinski definition) is 4. The lowest BCUT2D eigenvalue weighted by molar-refractivity contribution is -0.156. The van der Waals surface area contributed by atoms with Crippen molar-refractivity contribution < 1.29 is 19.1 Å². The number of halogens is 1. The summed E-state index contributed by atoms with van der Waals surface area (Å²) < 4.78 is 11.8. The molecule has 0 aromatic heterocycles. The highest BCUT2D eigenvalue weighted by Crippen LogP contribution is 2.48. The fourth-order valence-corrected chi connectivity index (χ4v) is 3.60. The van der Waals surface area contributed by atoms with Gasteiger partial charge in [0.2, 0.25) is 5.78 Å². The third-order valence-electron chi connectivity index (χ3n) is 5.01. The van der Waals surface area contributed by atoms with Crippen LogP contribution in [0.3, 0.4) is 0 Å². The van der Waals surface area contributed by atoms with E-state index in [4.69, 9.17) is 21.1 Å². The van der Waals surface area contributed by atoms with Crippen LogP contribution in [0.1, 0.15) is 49.7 Å². The first-order valence-corrected chi connectivity index (χ1v) is 9.53. The molecule has 0 fully saturated rings. The number of ketones is 1. The molecule has 2 aromatic carbocycles. The fourth-order valence-electron chi connectivity index (χ4n) is 3.47. The molecule has 0 aliphatic carbocycles. The molecule has 1 heterocycles. The van der Waals surface area contributed by atoms with Crippen molar-refractivity contribution in [2.75, 3.05) is 0 Å². The summed E-state index contributed by atoms with van der Waals surface area (Å²) in [6.45, 7) is 7.26. The van der Waals surface area contributed by atoms with Crippen LogP contribution in [0.4, 0.5) is 0 Å². The predicted octanol–water partition coefficient (Wildman–Crippen LogP) is 5.53. The van der Waals surface area contributed by atoms with Gasteiger partial charge in [0.15, 0.2) is 6.10 Å². The minimum absolute atomic E-state index is 0.178. The first-order chi connectivity index (χ1) is 13.2. The smallest absolute Gasteiger partial charge is 0.337 e. The molecule has 0 radical (unpaired) electrons. The van der Waals surface area contributed by atoms with Crippen LogP contribution < -0.4 is 0 Å². The minimum Gasteiger partial charge on any atom is -0.486 e. The van der Waals surface area contributed by atoms with Crippen molar-refractivity contribution in [3.05, 3.63) is 82.1 Å². The number of carbonyl (C=O) groups is 2. The molecule has 0 bridgehead atoms. The molecule has 5 heteroatoms. The summed E-state index contributed by atoms with van der Waals surface area (Å²) >= 11 is 5.90. The van der Waals surface area contributed by atoms with Crippen molar-refractivity contribution in [1.82, 2.24) is 0 Å². The fraction of sp³-hybridized carbons (Fsp3) is 0.304. The third-order valence-corrected chi connectivity index (χ3v) is 5.26. The van der Waals surface area contributed by atoms with Crippen LogP contribution in [0.5, 0.6) is 0 Å². The Hall–Kier alpha value is -2.59. The van der Waals surface area contributed by atoms with E-state index in [1.54, 1.807) is 38.1 Å². The predicted molar refractivity (Wildman–Crippen MR) is 108 cm³/mol. The van der Waals surface area contributed by atoms with Gasteiger partial charge in [0.25, 0.3) is 0 Å². The molecule has 146 valence electrons. The number of Topliss-reactive ketones (excluding diaryl/α,β-unsaturated/α-hetero) is 1. The molecule has 3 rings (SSSR count). The highest BCUT2D eigenvalue weighted by molar-refractivity contribution is 6.30. The second-order valence-corrected chi connectivity index (χ2v) is 7.94. The van der Waals surface area contributed by atoms with Crippen LogP contribution in [0, 0.1) is 5.41 Å². The van der Waals surface area contributed by atoms with E-state index in [1.807, 2.05) is 44.2 Å². The molecule has 0 saturated heterocycles. The lowest BCUT2D eigenvalue weighted by atomic mass is 9.77. The quantitative estimate of drug-likeness (QED) is 0.491. The largest absolute Gasteiger partial charge is 0.486 e. The molecule has 0 spiro atoms. The lowest BCUT2D eigenvalue weighted by Crippen LogP contribution is -2.38. The molecule has 2 atom stereocenters. The van der Waals surface area contributed by atoms with E-state index in [0.717, 1.165) is 5.56 Å². The first-order valence-electron chi connectivity index (χ1n) is 9.15. The maximum Gasteiger partial charge on any atom is 0.337 e. The van der Waals surface area contributed by atoms with Crippen LogP contribution in [-0.4, -0.2) is 17.9 Å². The van der Waals surface area contributed by atoms with Gasteiger partial charge in [-0.25, -0.2) is 4.79 Å². The van der Waals surface area contributed by atoms with Crippen LogP contribution in [0.25, 0.3) is 0 Å². The maximum atomic E-state index is 12.8. The molecular weight excluding hydrogens is 376 g/mol. The SMILES string of the molecule is CC1=C(OC(C)C(=O)c2ccc(Cl)cc2)C(C)(C)C(c2ccccc2)OC1=O. The zero-order valence-electron chi connectivity index (χ0n) is 16.4. The van der Waals surface area contributed by atoms with Gasteiger partial charge in [-0.2, -0.15) is 0 Å². The van der Waals surface area contributed by atoms with Gasteiger partial charge in [-0.1, -0.05) is 41.9 Å². The van der Waals surface area contributed by atoms with Gasteiger partial charge in [-0.05, 0) is 57.5 Å². The minimum atomic E-state index is -0.757. The molecule has 4 nitrogen and oxygen atoms in total. The van der Waals surface area contributed by atoms with E-state index in [9.17, 15) is 9.59 Å². The molecule has 2 aromatic rings. The highest BCUT2D eigenvalue weighted by Gasteiger charge is 2.45.